The van der Waals surface area contributed by atoms with Gasteiger partial charge in [-0.15, -0.1) is 6.58 Å². The predicted octanol–water partition coefficient (Wildman–Crippen LogP) is 3.10. The third-order valence-corrected chi connectivity index (χ3v) is 2.00. The standard InChI is InChI=1S/C12H20O2/c1-4-7-8-9-10-11(5-2)12(13)14-6-3/h4,8-9,11H,1,5-7,10H2,2-3H3. The summed E-state index contributed by atoms with van der Waals surface area (Å²) in [4.78, 5) is 11.4. The van der Waals surface area contributed by atoms with Crippen LogP contribution in [-0.4, -0.2) is 12.6 Å². The van der Waals surface area contributed by atoms with E-state index in [0.29, 0.717) is 6.61 Å². The van der Waals surface area contributed by atoms with Crippen molar-refractivity contribution in [1.82, 2.24) is 0 Å². The lowest BCUT2D eigenvalue weighted by Gasteiger charge is -2.10. The zero-order valence-corrected chi connectivity index (χ0v) is 9.16. The van der Waals surface area contributed by atoms with Crippen LogP contribution in [0.25, 0.3) is 0 Å². The third-order valence-electron chi connectivity index (χ3n) is 2.00. The highest BCUT2D eigenvalue weighted by Crippen LogP contribution is 2.11. The molecule has 0 aromatic carbocycles. The number of ether oxygens (including phenoxy) is 1. The van der Waals surface area contributed by atoms with Crippen molar-refractivity contribution >= 4 is 5.97 Å². The Bertz CT molecular complexity index is 194. The van der Waals surface area contributed by atoms with Crippen molar-refractivity contribution in [2.45, 2.75) is 33.1 Å². The summed E-state index contributed by atoms with van der Waals surface area (Å²) in [6.07, 6.45) is 8.34. The molecule has 14 heavy (non-hydrogen) atoms. The molecule has 0 N–H and O–H groups in total. The first-order valence-corrected chi connectivity index (χ1v) is 5.18. The van der Waals surface area contributed by atoms with E-state index in [1.165, 1.54) is 0 Å². The molecule has 0 aliphatic carbocycles. The molecule has 0 heterocycles. The number of carbonyl (C=O) groups is 1. The molecule has 0 aromatic rings. The topological polar surface area (TPSA) is 26.3 Å². The minimum absolute atomic E-state index is 0.0102. The molecule has 0 rings (SSSR count). The van der Waals surface area contributed by atoms with Crippen LogP contribution < -0.4 is 0 Å². The lowest BCUT2D eigenvalue weighted by Crippen LogP contribution is -2.16. The highest BCUT2D eigenvalue weighted by Gasteiger charge is 2.15. The molecule has 0 aromatic heterocycles. The summed E-state index contributed by atoms with van der Waals surface area (Å²) in [5, 5.41) is 0. The Hall–Kier alpha value is -1.05. The number of rotatable bonds is 7. The molecule has 0 spiro atoms. The average molecular weight is 196 g/mol. The molecule has 0 amide bonds. The smallest absolute Gasteiger partial charge is 0.309 e. The van der Waals surface area contributed by atoms with Gasteiger partial charge in [0.2, 0.25) is 0 Å². The summed E-state index contributed by atoms with van der Waals surface area (Å²) >= 11 is 0. The van der Waals surface area contributed by atoms with E-state index in [9.17, 15) is 4.79 Å². The van der Waals surface area contributed by atoms with Gasteiger partial charge in [0.05, 0.1) is 12.5 Å². The first kappa shape index (κ1) is 12.9. The summed E-state index contributed by atoms with van der Waals surface area (Å²) in [6, 6.07) is 0. The fraction of sp³-hybridized carbons (Fsp3) is 0.583. The van der Waals surface area contributed by atoms with Crippen molar-refractivity contribution in [3.8, 4) is 0 Å². The Morgan fingerprint density at radius 2 is 2.14 bits per heavy atom. The fourth-order valence-corrected chi connectivity index (χ4v) is 1.14. The van der Waals surface area contributed by atoms with Crippen LogP contribution in [0.4, 0.5) is 0 Å². The minimum atomic E-state index is -0.0850. The van der Waals surface area contributed by atoms with Crippen molar-refractivity contribution in [3.63, 3.8) is 0 Å². The van der Waals surface area contributed by atoms with E-state index in [0.717, 1.165) is 19.3 Å². The quantitative estimate of drug-likeness (QED) is 0.462. The van der Waals surface area contributed by atoms with Gasteiger partial charge >= 0.3 is 5.97 Å². The fourth-order valence-electron chi connectivity index (χ4n) is 1.14. The number of esters is 1. The van der Waals surface area contributed by atoms with Crippen molar-refractivity contribution in [3.05, 3.63) is 24.8 Å². The molecule has 0 aliphatic heterocycles. The molecule has 0 saturated heterocycles. The van der Waals surface area contributed by atoms with Crippen molar-refractivity contribution < 1.29 is 9.53 Å². The molecule has 2 heteroatoms. The first-order chi connectivity index (χ1) is 6.76. The van der Waals surface area contributed by atoms with Gasteiger partial charge in [0.15, 0.2) is 0 Å². The van der Waals surface area contributed by atoms with Gasteiger partial charge in [-0.1, -0.05) is 25.2 Å². The molecule has 80 valence electrons. The summed E-state index contributed by atoms with van der Waals surface area (Å²) < 4.78 is 4.96. The van der Waals surface area contributed by atoms with Gasteiger partial charge in [-0.25, -0.2) is 0 Å². The van der Waals surface area contributed by atoms with Crippen molar-refractivity contribution in [2.24, 2.45) is 5.92 Å². The Morgan fingerprint density at radius 1 is 1.43 bits per heavy atom. The molecule has 0 fully saturated rings. The van der Waals surface area contributed by atoms with Gasteiger partial charge in [0, 0.05) is 0 Å². The monoisotopic (exact) mass is 196 g/mol. The second-order valence-corrected chi connectivity index (χ2v) is 3.09. The van der Waals surface area contributed by atoms with Crippen LogP contribution in [-0.2, 0) is 9.53 Å². The largest absolute Gasteiger partial charge is 0.466 e. The molecule has 1 unspecified atom stereocenters. The Balaban J connectivity index is 3.89. The third kappa shape index (κ3) is 5.57. The maximum Gasteiger partial charge on any atom is 0.309 e. The molecule has 0 aliphatic rings. The molecular formula is C12H20O2. The number of carbonyl (C=O) groups excluding carboxylic acids is 1. The molecule has 0 bridgehead atoms. The zero-order valence-electron chi connectivity index (χ0n) is 9.16. The number of hydrogen-bond acceptors (Lipinski definition) is 2. The highest BCUT2D eigenvalue weighted by molar-refractivity contribution is 5.72. The van der Waals surface area contributed by atoms with Crippen LogP contribution in [0.3, 0.4) is 0 Å². The van der Waals surface area contributed by atoms with Crippen LogP contribution in [0.2, 0.25) is 0 Å². The van der Waals surface area contributed by atoms with Crippen LogP contribution in [0.5, 0.6) is 0 Å². The van der Waals surface area contributed by atoms with E-state index < -0.39 is 0 Å². The highest BCUT2D eigenvalue weighted by atomic mass is 16.5. The summed E-state index contributed by atoms with van der Waals surface area (Å²) in [6.45, 7) is 7.92. The Kier molecular flexibility index (Phi) is 7.90. The lowest BCUT2D eigenvalue weighted by molar-refractivity contribution is -0.148. The summed E-state index contributed by atoms with van der Waals surface area (Å²) in [5.41, 5.74) is 0. The van der Waals surface area contributed by atoms with Crippen LogP contribution in [0.1, 0.15) is 33.1 Å². The number of allylic oxidation sites excluding steroid dienone is 3. The average Bonchev–Trinajstić information content (AvgIpc) is 2.18. The van der Waals surface area contributed by atoms with E-state index in [1.54, 1.807) is 0 Å². The second-order valence-electron chi connectivity index (χ2n) is 3.09. The zero-order chi connectivity index (χ0) is 10.8. The van der Waals surface area contributed by atoms with Gasteiger partial charge in [0.1, 0.15) is 0 Å². The Morgan fingerprint density at radius 3 is 2.64 bits per heavy atom. The van der Waals surface area contributed by atoms with E-state index in [2.05, 4.69) is 6.58 Å². The SMILES string of the molecule is C=CCC=CCC(CC)C(=O)OCC. The summed E-state index contributed by atoms with van der Waals surface area (Å²) in [7, 11) is 0. The van der Waals surface area contributed by atoms with Crippen LogP contribution in [0, 0.1) is 5.92 Å². The minimum Gasteiger partial charge on any atom is -0.466 e. The second kappa shape index (κ2) is 8.54. The molecular weight excluding hydrogens is 176 g/mol. The lowest BCUT2D eigenvalue weighted by atomic mass is 10.0. The molecule has 1 atom stereocenters. The van der Waals surface area contributed by atoms with Gasteiger partial charge in [-0.05, 0) is 26.2 Å². The van der Waals surface area contributed by atoms with E-state index in [1.807, 2.05) is 32.1 Å². The van der Waals surface area contributed by atoms with E-state index in [-0.39, 0.29) is 11.9 Å². The van der Waals surface area contributed by atoms with E-state index in [4.69, 9.17) is 4.74 Å². The van der Waals surface area contributed by atoms with Crippen LogP contribution >= 0.6 is 0 Å². The van der Waals surface area contributed by atoms with Crippen molar-refractivity contribution in [1.29, 1.82) is 0 Å². The summed E-state index contributed by atoms with van der Waals surface area (Å²) in [5.74, 6) is -0.0748. The van der Waals surface area contributed by atoms with E-state index >= 15 is 0 Å². The normalized spacial score (nSPS) is 12.7. The van der Waals surface area contributed by atoms with Gasteiger partial charge in [-0.2, -0.15) is 0 Å². The van der Waals surface area contributed by atoms with Gasteiger partial charge in [-0.3, -0.25) is 4.79 Å². The maximum atomic E-state index is 11.4. The number of hydrogen-bond donors (Lipinski definition) is 0. The molecule has 0 saturated carbocycles. The Labute approximate surface area is 86.6 Å². The van der Waals surface area contributed by atoms with Crippen LogP contribution in [0.15, 0.2) is 24.8 Å². The van der Waals surface area contributed by atoms with Crippen molar-refractivity contribution in [2.75, 3.05) is 6.61 Å². The molecule has 0 radical (unpaired) electrons. The molecule has 2 nitrogen and oxygen atoms in total. The van der Waals surface area contributed by atoms with Gasteiger partial charge in [0.25, 0.3) is 0 Å². The first-order valence-electron chi connectivity index (χ1n) is 5.18. The maximum absolute atomic E-state index is 11.4. The predicted molar refractivity (Wildman–Crippen MR) is 59.0 cm³/mol. The van der Waals surface area contributed by atoms with Gasteiger partial charge < -0.3 is 4.74 Å².